The summed E-state index contributed by atoms with van der Waals surface area (Å²) < 4.78 is 38.2. The van der Waals surface area contributed by atoms with E-state index in [1.165, 1.54) is 0 Å². The van der Waals surface area contributed by atoms with Crippen LogP contribution in [0.2, 0.25) is 0 Å². The highest BCUT2D eigenvalue weighted by molar-refractivity contribution is 7.86. The fourth-order valence-corrected chi connectivity index (χ4v) is 2.36. The van der Waals surface area contributed by atoms with Gasteiger partial charge in [0.1, 0.15) is 11.5 Å². The van der Waals surface area contributed by atoms with E-state index in [2.05, 4.69) is 0 Å². The predicted molar refractivity (Wildman–Crippen MR) is 76.2 cm³/mol. The summed E-state index contributed by atoms with van der Waals surface area (Å²) >= 11 is 0. The molecule has 0 bridgehead atoms. The number of rotatable bonds is 10. The number of hydrogen-bond donors (Lipinski definition) is 1. The van der Waals surface area contributed by atoms with Crippen molar-refractivity contribution in [3.63, 3.8) is 0 Å². The number of benzene rings is 1. The van der Waals surface area contributed by atoms with Crippen LogP contribution in [0.3, 0.4) is 0 Å². The molecule has 0 spiro atoms. The molecule has 0 unspecified atom stereocenters. The molecule has 0 atom stereocenters. The van der Waals surface area contributed by atoms with Crippen LogP contribution in [-0.4, -0.2) is 25.9 Å². The molecule has 0 saturated carbocycles. The minimum atomic E-state index is -4.30. The van der Waals surface area contributed by atoms with Crippen molar-refractivity contribution in [2.75, 3.05) is 12.4 Å². The predicted octanol–water partition coefficient (Wildman–Crippen LogP) is 3.41. The Morgan fingerprint density at radius 3 is 2.10 bits per heavy atom. The van der Waals surface area contributed by atoms with Gasteiger partial charge < -0.3 is 9.84 Å². The van der Waals surface area contributed by atoms with E-state index in [4.69, 9.17) is 9.84 Å². The third-order valence-corrected chi connectivity index (χ3v) is 3.66. The molecule has 1 aromatic carbocycles. The van der Waals surface area contributed by atoms with Crippen LogP contribution in [0, 0.1) is 0 Å². The second-order valence-electron chi connectivity index (χ2n) is 4.71. The van der Waals surface area contributed by atoms with Crippen LogP contribution in [0.1, 0.15) is 38.5 Å². The van der Waals surface area contributed by atoms with Gasteiger partial charge >= 0.3 is 10.2 Å². The minimum Gasteiger partial charge on any atom is -0.508 e. The highest BCUT2D eigenvalue weighted by Crippen LogP contribution is 2.16. The Labute approximate surface area is 119 Å². The number of phenolic OH excluding ortho intramolecular Hbond substituents is 1. The maximum atomic E-state index is 12.2. The molecule has 20 heavy (non-hydrogen) atoms. The second-order valence-corrected chi connectivity index (χ2v) is 6.19. The Kier molecular flexibility index (Phi) is 7.36. The third kappa shape index (κ3) is 8.74. The van der Waals surface area contributed by atoms with Crippen molar-refractivity contribution in [3.8, 4) is 11.5 Å². The third-order valence-electron chi connectivity index (χ3n) is 2.89. The monoisotopic (exact) mass is 304 g/mol. The van der Waals surface area contributed by atoms with Gasteiger partial charge in [-0.3, -0.25) is 0 Å². The van der Waals surface area contributed by atoms with E-state index in [1.807, 2.05) is 0 Å². The summed E-state index contributed by atoms with van der Waals surface area (Å²) in [5, 5.41) is 9.10. The smallest absolute Gasteiger partial charge is 0.302 e. The highest BCUT2D eigenvalue weighted by atomic mass is 32.3. The normalized spacial score (nSPS) is 11.4. The first-order valence-corrected chi connectivity index (χ1v) is 8.37. The van der Waals surface area contributed by atoms with Gasteiger partial charge in [0.05, 0.1) is 12.4 Å². The zero-order valence-corrected chi connectivity index (χ0v) is 12.2. The number of phenols is 1. The fraction of sp³-hybridized carbons (Fsp3) is 0.571. The molecule has 1 aromatic rings. The Morgan fingerprint density at radius 2 is 1.50 bits per heavy atom. The molecular formula is C14H21FO4S. The van der Waals surface area contributed by atoms with Crippen molar-refractivity contribution >= 4 is 10.2 Å². The Balaban J connectivity index is 1.94. The Morgan fingerprint density at radius 1 is 0.950 bits per heavy atom. The topological polar surface area (TPSA) is 63.6 Å². The van der Waals surface area contributed by atoms with E-state index in [0.717, 1.165) is 37.9 Å². The van der Waals surface area contributed by atoms with Crippen LogP contribution in [0.4, 0.5) is 3.89 Å². The van der Waals surface area contributed by atoms with E-state index in [9.17, 15) is 12.3 Å². The van der Waals surface area contributed by atoms with Crippen LogP contribution >= 0.6 is 0 Å². The lowest BCUT2D eigenvalue weighted by Gasteiger charge is -2.06. The summed E-state index contributed by atoms with van der Waals surface area (Å²) in [5.74, 6) is 0.584. The van der Waals surface area contributed by atoms with Crippen LogP contribution in [0.15, 0.2) is 24.3 Å². The summed E-state index contributed by atoms with van der Waals surface area (Å²) in [6, 6.07) is 6.59. The van der Waals surface area contributed by atoms with Gasteiger partial charge in [-0.25, -0.2) is 0 Å². The minimum absolute atomic E-state index is 0.215. The summed E-state index contributed by atoms with van der Waals surface area (Å²) in [4.78, 5) is 0. The van der Waals surface area contributed by atoms with Gasteiger partial charge in [0.2, 0.25) is 0 Å². The lowest BCUT2D eigenvalue weighted by Crippen LogP contribution is -1.98. The Bertz CT molecular complexity index is 470. The lowest BCUT2D eigenvalue weighted by atomic mass is 10.1. The fourth-order valence-electron chi connectivity index (χ4n) is 1.82. The number of aromatic hydroxyl groups is 1. The molecule has 0 saturated heterocycles. The average molecular weight is 304 g/mol. The molecule has 1 rings (SSSR count). The van der Waals surface area contributed by atoms with Crippen molar-refractivity contribution in [3.05, 3.63) is 24.3 Å². The number of ether oxygens (including phenoxy) is 1. The number of hydrogen-bond acceptors (Lipinski definition) is 4. The van der Waals surface area contributed by atoms with Gasteiger partial charge in [-0.2, -0.15) is 8.42 Å². The molecule has 114 valence electrons. The van der Waals surface area contributed by atoms with Crippen molar-refractivity contribution in [1.29, 1.82) is 0 Å². The molecule has 0 radical (unpaired) electrons. The summed E-state index contributed by atoms with van der Waals surface area (Å²) in [6.07, 6.45) is 4.95. The lowest BCUT2D eigenvalue weighted by molar-refractivity contribution is 0.304. The standard InChI is InChI=1S/C14H21FO4S/c15-20(17,18)12-6-4-2-1-3-5-11-19-14-9-7-13(16)8-10-14/h7-10,16H,1-6,11-12H2. The SMILES string of the molecule is O=S(=O)(F)CCCCCCCCOc1ccc(O)cc1. The van der Waals surface area contributed by atoms with Crippen LogP contribution in [0.25, 0.3) is 0 Å². The number of halogens is 1. The van der Waals surface area contributed by atoms with Crippen LogP contribution < -0.4 is 4.74 Å². The first kappa shape index (κ1) is 16.8. The molecule has 0 aliphatic carbocycles. The molecule has 0 amide bonds. The highest BCUT2D eigenvalue weighted by Gasteiger charge is 2.05. The zero-order valence-electron chi connectivity index (χ0n) is 11.4. The first-order valence-electron chi connectivity index (χ1n) is 6.81. The zero-order chi connectivity index (χ0) is 14.8. The molecule has 1 N–H and O–H groups in total. The average Bonchev–Trinajstić information content (AvgIpc) is 2.37. The van der Waals surface area contributed by atoms with Gasteiger partial charge in [0.25, 0.3) is 0 Å². The maximum absolute atomic E-state index is 12.2. The van der Waals surface area contributed by atoms with Gasteiger partial charge in [-0.1, -0.05) is 25.7 Å². The van der Waals surface area contributed by atoms with E-state index < -0.39 is 10.2 Å². The second kappa shape index (κ2) is 8.79. The summed E-state index contributed by atoms with van der Waals surface area (Å²) in [6.45, 7) is 0.615. The Hall–Kier alpha value is -1.30. The summed E-state index contributed by atoms with van der Waals surface area (Å²) in [7, 11) is -4.30. The molecule has 0 aliphatic heterocycles. The van der Waals surface area contributed by atoms with Crippen molar-refractivity contribution in [2.45, 2.75) is 38.5 Å². The molecule has 0 aliphatic rings. The molecule has 0 aromatic heterocycles. The first-order chi connectivity index (χ1) is 9.47. The quantitative estimate of drug-likeness (QED) is 0.531. The number of unbranched alkanes of at least 4 members (excludes halogenated alkanes) is 5. The molecule has 0 fully saturated rings. The van der Waals surface area contributed by atoms with Gasteiger partial charge in [0.15, 0.2) is 0 Å². The van der Waals surface area contributed by atoms with E-state index in [-0.39, 0.29) is 11.5 Å². The van der Waals surface area contributed by atoms with E-state index in [1.54, 1.807) is 24.3 Å². The molecule has 6 heteroatoms. The van der Waals surface area contributed by atoms with E-state index in [0.29, 0.717) is 13.0 Å². The van der Waals surface area contributed by atoms with Gasteiger partial charge in [-0.15, -0.1) is 3.89 Å². The van der Waals surface area contributed by atoms with E-state index >= 15 is 0 Å². The van der Waals surface area contributed by atoms with Gasteiger partial charge in [-0.05, 0) is 37.1 Å². The maximum Gasteiger partial charge on any atom is 0.302 e. The largest absolute Gasteiger partial charge is 0.508 e. The van der Waals surface area contributed by atoms with Crippen molar-refractivity contribution in [2.24, 2.45) is 0 Å². The summed E-state index contributed by atoms with van der Waals surface area (Å²) in [5.41, 5.74) is 0. The van der Waals surface area contributed by atoms with Crippen LogP contribution in [0.5, 0.6) is 11.5 Å². The molecule has 0 heterocycles. The van der Waals surface area contributed by atoms with Crippen molar-refractivity contribution in [1.82, 2.24) is 0 Å². The van der Waals surface area contributed by atoms with Crippen LogP contribution in [-0.2, 0) is 10.2 Å². The molecule has 4 nitrogen and oxygen atoms in total. The van der Waals surface area contributed by atoms with Gasteiger partial charge in [0, 0.05) is 0 Å². The molecular weight excluding hydrogens is 283 g/mol. The van der Waals surface area contributed by atoms with Crippen molar-refractivity contribution < 1.29 is 22.1 Å².